The lowest BCUT2D eigenvalue weighted by Crippen LogP contribution is -2.47. The number of nitrogens with zero attached hydrogens (tertiary/aromatic N) is 1. The largest absolute Gasteiger partial charge is 0.480 e. The predicted molar refractivity (Wildman–Crippen MR) is 165 cm³/mol. The molecule has 0 radical (unpaired) electrons. The normalized spacial score (nSPS) is 13.0. The number of carbonyl (C=O) groups excluding carboxylic acids is 3. The highest BCUT2D eigenvalue weighted by molar-refractivity contribution is 6.01. The maximum atomic E-state index is 12.6. The molecule has 1 aliphatic carbocycles. The topological polar surface area (TPSA) is 165 Å². The molecule has 0 saturated heterocycles. The van der Waals surface area contributed by atoms with E-state index in [-0.39, 0.29) is 31.4 Å². The summed E-state index contributed by atoms with van der Waals surface area (Å²) in [6, 6.07) is 14.7. The van der Waals surface area contributed by atoms with Crippen LogP contribution < -0.4 is 16.0 Å². The van der Waals surface area contributed by atoms with Gasteiger partial charge in [0.25, 0.3) is 0 Å². The number of hydrogen-bond acceptors (Lipinski definition) is 8. The molecule has 44 heavy (non-hydrogen) atoms. The summed E-state index contributed by atoms with van der Waals surface area (Å²) in [5, 5.41) is 16.9. The fourth-order valence-corrected chi connectivity index (χ4v) is 4.60. The van der Waals surface area contributed by atoms with E-state index in [1.807, 2.05) is 48.5 Å². The summed E-state index contributed by atoms with van der Waals surface area (Å²) in [5.41, 5.74) is 2.75. The van der Waals surface area contributed by atoms with Gasteiger partial charge in [-0.25, -0.2) is 19.2 Å². The van der Waals surface area contributed by atoms with Gasteiger partial charge in [-0.2, -0.15) is 0 Å². The number of alkyl carbamates (subject to hydrolysis) is 3. The number of rotatable bonds is 9. The van der Waals surface area contributed by atoms with E-state index >= 15 is 0 Å². The van der Waals surface area contributed by atoms with Gasteiger partial charge in [0.05, 0.1) is 0 Å². The molecular formula is C32H42N4O8. The standard InChI is InChI=1S/C32H42N4O8/c1-31(2,3)43-29(40)35-27(36-30(41)44-32(4,5)6)33-18-12-11-17-25(26(37)38)34-28(39)42-19-24-22-15-9-7-13-20(22)21-14-8-10-16-23(21)24/h7-10,13-16,24-25H,11-12,17-19H2,1-6H3,(H,34,39)(H,37,38)(H2,33,35,36,40,41)/t25-/m1/s1. The summed E-state index contributed by atoms with van der Waals surface area (Å²) in [5.74, 6) is -1.51. The maximum Gasteiger partial charge on any atom is 0.414 e. The van der Waals surface area contributed by atoms with Gasteiger partial charge < -0.3 is 24.6 Å². The fraction of sp³-hybridized carbons (Fsp3) is 0.469. The molecule has 0 aromatic heterocycles. The van der Waals surface area contributed by atoms with Crippen molar-refractivity contribution in [2.75, 3.05) is 13.2 Å². The van der Waals surface area contributed by atoms with Crippen molar-refractivity contribution in [3.63, 3.8) is 0 Å². The van der Waals surface area contributed by atoms with Crippen molar-refractivity contribution in [1.29, 1.82) is 0 Å². The van der Waals surface area contributed by atoms with Crippen LogP contribution in [-0.4, -0.2) is 65.7 Å². The number of unbranched alkanes of at least 4 members (excludes halogenated alkanes) is 1. The van der Waals surface area contributed by atoms with E-state index in [9.17, 15) is 24.3 Å². The number of hydrogen-bond donors (Lipinski definition) is 4. The Morgan fingerprint density at radius 1 is 0.795 bits per heavy atom. The quantitative estimate of drug-likeness (QED) is 0.124. The van der Waals surface area contributed by atoms with Gasteiger partial charge in [-0.05, 0) is 83.1 Å². The van der Waals surface area contributed by atoms with Crippen LogP contribution in [0.4, 0.5) is 14.4 Å². The third-order valence-electron chi connectivity index (χ3n) is 6.34. The molecule has 0 bridgehead atoms. The van der Waals surface area contributed by atoms with E-state index in [4.69, 9.17) is 14.2 Å². The second-order valence-corrected chi connectivity index (χ2v) is 12.3. The molecular weight excluding hydrogens is 568 g/mol. The van der Waals surface area contributed by atoms with E-state index in [2.05, 4.69) is 20.9 Å². The van der Waals surface area contributed by atoms with E-state index in [0.29, 0.717) is 12.8 Å². The Morgan fingerprint density at radius 3 is 1.77 bits per heavy atom. The molecule has 0 heterocycles. The van der Waals surface area contributed by atoms with E-state index < -0.39 is 41.5 Å². The number of benzene rings is 2. The molecule has 4 N–H and O–H groups in total. The van der Waals surface area contributed by atoms with Gasteiger partial charge in [-0.3, -0.25) is 15.6 Å². The highest BCUT2D eigenvalue weighted by Crippen LogP contribution is 2.44. The first-order valence-electron chi connectivity index (χ1n) is 14.5. The van der Waals surface area contributed by atoms with Gasteiger partial charge in [0.1, 0.15) is 23.9 Å². The summed E-state index contributed by atoms with van der Waals surface area (Å²) in [6.07, 6.45) is -1.57. The molecule has 2 aromatic carbocycles. The third kappa shape index (κ3) is 10.6. The van der Waals surface area contributed by atoms with Crippen molar-refractivity contribution in [1.82, 2.24) is 16.0 Å². The van der Waals surface area contributed by atoms with Crippen LogP contribution in [0.5, 0.6) is 0 Å². The number of guanidine groups is 1. The van der Waals surface area contributed by atoms with Crippen molar-refractivity contribution >= 4 is 30.2 Å². The lowest BCUT2D eigenvalue weighted by atomic mass is 9.98. The summed E-state index contributed by atoms with van der Waals surface area (Å²) < 4.78 is 15.9. The van der Waals surface area contributed by atoms with Crippen LogP contribution in [0.15, 0.2) is 53.5 Å². The molecule has 12 heteroatoms. The number of fused-ring (bicyclic) bond motifs is 3. The number of carboxylic acids is 1. The zero-order valence-corrected chi connectivity index (χ0v) is 26.1. The van der Waals surface area contributed by atoms with Crippen molar-refractivity contribution in [3.05, 3.63) is 59.7 Å². The van der Waals surface area contributed by atoms with Crippen LogP contribution in [0.25, 0.3) is 11.1 Å². The van der Waals surface area contributed by atoms with Gasteiger partial charge in [0.2, 0.25) is 5.96 Å². The van der Waals surface area contributed by atoms with Gasteiger partial charge in [-0.1, -0.05) is 48.5 Å². The Hall–Kier alpha value is -4.61. The van der Waals surface area contributed by atoms with Gasteiger partial charge >= 0.3 is 24.2 Å². The monoisotopic (exact) mass is 610 g/mol. The van der Waals surface area contributed by atoms with Crippen molar-refractivity contribution < 1.29 is 38.5 Å². The predicted octanol–water partition coefficient (Wildman–Crippen LogP) is 5.55. The lowest BCUT2D eigenvalue weighted by molar-refractivity contribution is -0.139. The average molecular weight is 611 g/mol. The summed E-state index contributed by atoms with van der Waals surface area (Å²) in [4.78, 5) is 53.1. The molecule has 2 aromatic rings. The number of carboxylic acid groups (broad SMARTS) is 1. The first-order valence-corrected chi connectivity index (χ1v) is 14.5. The Labute approximate surface area is 257 Å². The smallest absolute Gasteiger partial charge is 0.414 e. The number of nitrogens with one attached hydrogen (secondary N) is 3. The van der Waals surface area contributed by atoms with E-state index in [0.717, 1.165) is 22.3 Å². The number of aliphatic carboxylic acids is 1. The van der Waals surface area contributed by atoms with E-state index in [1.165, 1.54) is 0 Å². The minimum atomic E-state index is -1.19. The van der Waals surface area contributed by atoms with Crippen LogP contribution in [0.1, 0.15) is 77.8 Å². The number of carbonyl (C=O) groups is 4. The van der Waals surface area contributed by atoms with Crippen molar-refractivity contribution in [2.24, 2.45) is 4.99 Å². The molecule has 0 spiro atoms. The van der Waals surface area contributed by atoms with E-state index in [1.54, 1.807) is 41.5 Å². The Morgan fingerprint density at radius 2 is 1.30 bits per heavy atom. The minimum absolute atomic E-state index is 0.0684. The molecule has 12 nitrogen and oxygen atoms in total. The van der Waals surface area contributed by atoms with Crippen LogP contribution in [0.3, 0.4) is 0 Å². The van der Waals surface area contributed by atoms with Gasteiger partial charge in [0.15, 0.2) is 0 Å². The first-order chi connectivity index (χ1) is 20.6. The lowest BCUT2D eigenvalue weighted by Gasteiger charge is -2.22. The Kier molecular flexibility index (Phi) is 11.3. The molecule has 1 atom stereocenters. The molecule has 0 aliphatic heterocycles. The summed E-state index contributed by atoms with van der Waals surface area (Å²) >= 11 is 0. The molecule has 1 aliphatic rings. The third-order valence-corrected chi connectivity index (χ3v) is 6.34. The molecule has 3 amide bonds. The maximum absolute atomic E-state index is 12.6. The van der Waals surface area contributed by atoms with Gasteiger partial charge in [-0.15, -0.1) is 0 Å². The zero-order chi connectivity index (χ0) is 32.5. The highest BCUT2D eigenvalue weighted by atomic mass is 16.6. The minimum Gasteiger partial charge on any atom is -0.480 e. The van der Waals surface area contributed by atoms with Crippen LogP contribution in [0.2, 0.25) is 0 Å². The van der Waals surface area contributed by atoms with Crippen molar-refractivity contribution in [2.45, 2.75) is 84.0 Å². The number of ether oxygens (including phenoxy) is 3. The zero-order valence-electron chi connectivity index (χ0n) is 26.1. The SMILES string of the molecule is CC(C)(C)OC(=O)NC(=NCCCC[C@@H](NC(=O)OCC1c2ccccc2-c2ccccc21)C(=O)O)NC(=O)OC(C)(C)C. The van der Waals surface area contributed by atoms with Crippen LogP contribution in [0, 0.1) is 0 Å². The summed E-state index contributed by atoms with van der Waals surface area (Å²) in [6.45, 7) is 10.4. The molecule has 0 unspecified atom stereocenters. The molecule has 238 valence electrons. The van der Waals surface area contributed by atoms with Crippen LogP contribution >= 0.6 is 0 Å². The molecule has 0 saturated carbocycles. The first kappa shape index (κ1) is 33.9. The number of aliphatic imine (C=N–C) groups is 1. The van der Waals surface area contributed by atoms with Crippen molar-refractivity contribution in [3.8, 4) is 11.1 Å². The Bertz CT molecular complexity index is 1300. The second kappa shape index (κ2) is 14.7. The Balaban J connectivity index is 1.52. The van der Waals surface area contributed by atoms with Gasteiger partial charge in [0, 0.05) is 12.5 Å². The average Bonchev–Trinajstić information content (AvgIpc) is 3.22. The second-order valence-electron chi connectivity index (χ2n) is 12.3. The van der Waals surface area contributed by atoms with Crippen LogP contribution in [-0.2, 0) is 19.0 Å². The number of amides is 3. The molecule has 3 rings (SSSR count). The summed E-state index contributed by atoms with van der Waals surface area (Å²) in [7, 11) is 0. The highest BCUT2D eigenvalue weighted by Gasteiger charge is 2.30. The molecule has 0 fully saturated rings. The fourth-order valence-electron chi connectivity index (χ4n) is 4.60.